The molecule has 0 spiro atoms. The Morgan fingerprint density at radius 1 is 0.362 bits per heavy atom. The summed E-state index contributed by atoms with van der Waals surface area (Å²) in [5.74, 6) is 0. The van der Waals surface area contributed by atoms with Crippen molar-refractivity contribution in [2.24, 2.45) is 0 Å². The second kappa shape index (κ2) is 13.0. The molecule has 0 amide bonds. The number of anilines is 3. The van der Waals surface area contributed by atoms with Gasteiger partial charge >= 0.3 is 0 Å². The molecule has 276 valence electrons. The van der Waals surface area contributed by atoms with E-state index in [0.29, 0.717) is 0 Å². The number of para-hydroxylation sites is 1. The zero-order chi connectivity index (χ0) is 39.0. The third-order valence-electron chi connectivity index (χ3n) is 13.2. The first-order valence-corrected chi connectivity index (χ1v) is 20.4. The first-order valence-electron chi connectivity index (χ1n) is 20.4. The molecule has 1 unspecified atom stereocenters. The summed E-state index contributed by atoms with van der Waals surface area (Å²) in [7, 11) is 0. The third-order valence-corrected chi connectivity index (χ3v) is 13.2. The lowest BCUT2D eigenvalue weighted by atomic mass is 9.74. The zero-order valence-corrected chi connectivity index (χ0v) is 33.1. The van der Waals surface area contributed by atoms with Crippen LogP contribution in [-0.4, -0.2) is 0 Å². The van der Waals surface area contributed by atoms with Crippen LogP contribution < -0.4 is 4.90 Å². The first kappa shape index (κ1) is 34.3. The van der Waals surface area contributed by atoms with E-state index in [9.17, 15) is 0 Å². The van der Waals surface area contributed by atoms with Gasteiger partial charge in [0.15, 0.2) is 0 Å². The van der Waals surface area contributed by atoms with Gasteiger partial charge in [-0.2, -0.15) is 0 Å². The highest BCUT2D eigenvalue weighted by Gasteiger charge is 2.42. The number of hydrogen-bond acceptors (Lipinski definition) is 1. The zero-order valence-electron chi connectivity index (χ0n) is 33.1. The van der Waals surface area contributed by atoms with Gasteiger partial charge < -0.3 is 4.90 Å². The summed E-state index contributed by atoms with van der Waals surface area (Å²) < 4.78 is 0. The Morgan fingerprint density at radius 2 is 0.914 bits per heavy atom. The van der Waals surface area contributed by atoms with Crippen LogP contribution in [0.25, 0.3) is 55.3 Å². The fourth-order valence-corrected chi connectivity index (χ4v) is 10.4. The Balaban J connectivity index is 1.22. The van der Waals surface area contributed by atoms with E-state index in [2.05, 4.69) is 232 Å². The molecule has 0 radical (unpaired) electrons. The molecule has 0 N–H and O–H groups in total. The quantitative estimate of drug-likeness (QED) is 0.164. The molecule has 2 aliphatic carbocycles. The topological polar surface area (TPSA) is 3.24 Å². The summed E-state index contributed by atoms with van der Waals surface area (Å²) in [6, 6.07) is 76.5. The van der Waals surface area contributed by atoms with Crippen LogP contribution in [-0.2, 0) is 10.8 Å². The SMILES string of the molecule is CC1(C)c2ccccc2-c2c(N(c3ccc4c(c3)C(C)(c3ccccc3)c3ccccc3-4)c3ccccc3-c3cccc4cccc(-c5ccccc5)c34)cccc21. The van der Waals surface area contributed by atoms with E-state index in [1.807, 2.05) is 0 Å². The van der Waals surface area contributed by atoms with Gasteiger partial charge in [-0.25, -0.2) is 0 Å². The van der Waals surface area contributed by atoms with Crippen LogP contribution in [0.3, 0.4) is 0 Å². The summed E-state index contributed by atoms with van der Waals surface area (Å²) in [4.78, 5) is 2.56. The summed E-state index contributed by atoms with van der Waals surface area (Å²) in [5.41, 5.74) is 19.8. The van der Waals surface area contributed by atoms with Gasteiger partial charge in [-0.1, -0.05) is 196 Å². The van der Waals surface area contributed by atoms with Crippen LogP contribution >= 0.6 is 0 Å². The van der Waals surface area contributed by atoms with E-state index in [1.165, 1.54) is 88.8 Å². The average molecular weight is 742 g/mol. The van der Waals surface area contributed by atoms with Crippen LogP contribution in [0.2, 0.25) is 0 Å². The molecular weight excluding hydrogens is 699 g/mol. The molecule has 1 atom stereocenters. The lowest BCUT2D eigenvalue weighted by molar-refractivity contribution is 0.660. The summed E-state index contributed by atoms with van der Waals surface area (Å²) in [5, 5.41) is 2.49. The highest BCUT2D eigenvalue weighted by Crippen LogP contribution is 2.57. The van der Waals surface area contributed by atoms with Crippen LogP contribution in [0.15, 0.2) is 206 Å². The van der Waals surface area contributed by atoms with E-state index >= 15 is 0 Å². The van der Waals surface area contributed by atoms with Crippen molar-refractivity contribution in [1.29, 1.82) is 0 Å². The molecule has 0 saturated carbocycles. The number of rotatable bonds is 6. The van der Waals surface area contributed by atoms with Gasteiger partial charge in [0, 0.05) is 27.6 Å². The Bertz CT molecular complexity index is 3040. The van der Waals surface area contributed by atoms with E-state index in [4.69, 9.17) is 0 Å². The van der Waals surface area contributed by atoms with Crippen molar-refractivity contribution in [2.45, 2.75) is 31.6 Å². The normalized spacial score (nSPS) is 15.7. The molecule has 0 aliphatic heterocycles. The van der Waals surface area contributed by atoms with E-state index < -0.39 is 0 Å². The largest absolute Gasteiger partial charge is 0.309 e. The molecule has 11 rings (SSSR count). The molecule has 2 aliphatic rings. The molecule has 0 heterocycles. The van der Waals surface area contributed by atoms with Crippen molar-refractivity contribution >= 4 is 27.8 Å². The van der Waals surface area contributed by atoms with Gasteiger partial charge in [0.25, 0.3) is 0 Å². The first-order chi connectivity index (χ1) is 28.4. The van der Waals surface area contributed by atoms with Gasteiger partial charge in [-0.15, -0.1) is 0 Å². The molecule has 9 aromatic rings. The predicted molar refractivity (Wildman–Crippen MR) is 245 cm³/mol. The molecule has 58 heavy (non-hydrogen) atoms. The van der Waals surface area contributed by atoms with Crippen LogP contribution in [0.1, 0.15) is 48.6 Å². The van der Waals surface area contributed by atoms with Crippen LogP contribution in [0.5, 0.6) is 0 Å². The van der Waals surface area contributed by atoms with E-state index in [1.54, 1.807) is 0 Å². The van der Waals surface area contributed by atoms with Crippen LogP contribution in [0, 0.1) is 0 Å². The van der Waals surface area contributed by atoms with Crippen LogP contribution in [0.4, 0.5) is 17.1 Å². The Kier molecular flexibility index (Phi) is 7.72. The number of fused-ring (bicyclic) bond motifs is 7. The van der Waals surface area contributed by atoms with E-state index in [0.717, 1.165) is 11.4 Å². The van der Waals surface area contributed by atoms with Crippen molar-refractivity contribution in [3.8, 4) is 44.5 Å². The smallest absolute Gasteiger partial charge is 0.0543 e. The van der Waals surface area contributed by atoms with Gasteiger partial charge in [-0.3, -0.25) is 0 Å². The minimum atomic E-state index is -0.332. The van der Waals surface area contributed by atoms with Crippen molar-refractivity contribution in [3.05, 3.63) is 234 Å². The van der Waals surface area contributed by atoms with Gasteiger partial charge in [-0.05, 0) is 103 Å². The molecule has 0 fully saturated rings. The molecular formula is C57H43N. The second-order valence-corrected chi connectivity index (χ2v) is 16.6. The minimum absolute atomic E-state index is 0.140. The summed E-state index contributed by atoms with van der Waals surface area (Å²) in [6.07, 6.45) is 0. The van der Waals surface area contributed by atoms with Gasteiger partial charge in [0.1, 0.15) is 0 Å². The lowest BCUT2D eigenvalue weighted by Crippen LogP contribution is -2.23. The van der Waals surface area contributed by atoms with Gasteiger partial charge in [0.05, 0.1) is 11.4 Å². The predicted octanol–water partition coefficient (Wildman–Crippen LogP) is 15.3. The molecule has 0 bridgehead atoms. The highest BCUT2D eigenvalue weighted by atomic mass is 15.1. The molecule has 9 aromatic carbocycles. The third kappa shape index (κ3) is 4.96. The van der Waals surface area contributed by atoms with Gasteiger partial charge in [0.2, 0.25) is 0 Å². The average Bonchev–Trinajstić information content (AvgIpc) is 3.68. The van der Waals surface area contributed by atoms with Crippen molar-refractivity contribution in [1.82, 2.24) is 0 Å². The monoisotopic (exact) mass is 741 g/mol. The van der Waals surface area contributed by atoms with Crippen molar-refractivity contribution in [2.75, 3.05) is 4.90 Å². The Labute approximate surface area is 341 Å². The molecule has 1 heteroatoms. The second-order valence-electron chi connectivity index (χ2n) is 16.6. The fraction of sp³-hybridized carbons (Fsp3) is 0.0877. The fourth-order valence-electron chi connectivity index (χ4n) is 10.4. The summed E-state index contributed by atoms with van der Waals surface area (Å²) in [6.45, 7) is 7.16. The Morgan fingerprint density at radius 3 is 1.69 bits per heavy atom. The number of nitrogens with zero attached hydrogens (tertiary/aromatic N) is 1. The maximum Gasteiger partial charge on any atom is 0.0543 e. The Hall–Kier alpha value is -6.96. The van der Waals surface area contributed by atoms with Crippen molar-refractivity contribution in [3.63, 3.8) is 0 Å². The lowest BCUT2D eigenvalue weighted by Gasteiger charge is -2.33. The molecule has 1 nitrogen and oxygen atoms in total. The number of benzene rings is 9. The molecule has 0 aromatic heterocycles. The standard InChI is InChI=1S/C57H43N/c1-56(2)48-30-13-11-27-47(48)55-50(56)32-18-34-53(55)58(41-35-36-44-43-25-10-14-31-49(43)57(3,51(44)37-41)40-23-8-5-9-24-40)52-33-15-12-26-45(52)46-29-17-22-39-21-16-28-42(54(39)46)38-19-6-4-7-20-38/h4-37H,1-3H3. The maximum atomic E-state index is 2.56. The summed E-state index contributed by atoms with van der Waals surface area (Å²) >= 11 is 0. The molecule has 0 saturated heterocycles. The number of hydrogen-bond donors (Lipinski definition) is 0. The minimum Gasteiger partial charge on any atom is -0.309 e. The van der Waals surface area contributed by atoms with E-state index in [-0.39, 0.29) is 10.8 Å². The highest BCUT2D eigenvalue weighted by molar-refractivity contribution is 6.09. The maximum absolute atomic E-state index is 2.56. The van der Waals surface area contributed by atoms with Crippen molar-refractivity contribution < 1.29 is 0 Å².